The molecule has 1 aromatic heterocycles. The lowest BCUT2D eigenvalue weighted by Crippen LogP contribution is -2.38. The van der Waals surface area contributed by atoms with Crippen LogP contribution < -0.4 is 15.0 Å². The third-order valence-electron chi connectivity index (χ3n) is 5.77. The molecule has 166 valence electrons. The van der Waals surface area contributed by atoms with E-state index in [4.69, 9.17) is 4.74 Å². The molecule has 1 aliphatic heterocycles. The van der Waals surface area contributed by atoms with E-state index in [1.807, 2.05) is 32.0 Å². The fourth-order valence-electron chi connectivity index (χ4n) is 3.70. The molecule has 0 bridgehead atoms. The number of ether oxygens (including phenoxy) is 1. The van der Waals surface area contributed by atoms with Crippen LogP contribution in [-0.4, -0.2) is 29.0 Å². The Morgan fingerprint density at radius 2 is 1.84 bits per heavy atom. The van der Waals surface area contributed by atoms with Crippen molar-refractivity contribution in [3.63, 3.8) is 0 Å². The summed E-state index contributed by atoms with van der Waals surface area (Å²) in [6, 6.07) is 11.0. The predicted molar refractivity (Wildman–Crippen MR) is 118 cm³/mol. The van der Waals surface area contributed by atoms with E-state index >= 15 is 0 Å². The van der Waals surface area contributed by atoms with Crippen molar-refractivity contribution in [2.45, 2.75) is 26.7 Å². The molecule has 0 atom stereocenters. The summed E-state index contributed by atoms with van der Waals surface area (Å²) >= 11 is 0. The summed E-state index contributed by atoms with van der Waals surface area (Å²) in [6.07, 6.45) is 2.71. The van der Waals surface area contributed by atoms with Gasteiger partial charge in [0.15, 0.2) is 11.6 Å². The van der Waals surface area contributed by atoms with Crippen molar-refractivity contribution in [3.05, 3.63) is 71.6 Å². The van der Waals surface area contributed by atoms with E-state index in [0.29, 0.717) is 31.8 Å². The minimum absolute atomic E-state index is 0.197. The average molecular weight is 438 g/mol. The molecule has 1 saturated heterocycles. The van der Waals surface area contributed by atoms with Crippen molar-refractivity contribution in [1.82, 2.24) is 9.97 Å². The van der Waals surface area contributed by atoms with Crippen LogP contribution in [0.1, 0.15) is 24.0 Å². The molecule has 32 heavy (non-hydrogen) atoms. The summed E-state index contributed by atoms with van der Waals surface area (Å²) in [5.41, 5.74) is 2.45. The van der Waals surface area contributed by atoms with Crippen LogP contribution in [0.2, 0.25) is 0 Å². The first-order chi connectivity index (χ1) is 15.4. The number of hydrogen-bond donors (Lipinski definition) is 1. The van der Waals surface area contributed by atoms with E-state index in [1.165, 1.54) is 12.4 Å². The number of nitrogens with zero attached hydrogens (tertiary/aromatic N) is 3. The Hall–Kier alpha value is -3.55. The SMILES string of the molecule is Cc1cccc(Oc2cc(N3CCC(C(=O)Nc4ccc(F)c(F)c4)CC3)ncn2)c1C. The lowest BCUT2D eigenvalue weighted by atomic mass is 9.96. The van der Waals surface area contributed by atoms with Crippen molar-refractivity contribution in [2.24, 2.45) is 5.92 Å². The third-order valence-corrected chi connectivity index (χ3v) is 5.77. The zero-order valence-electron chi connectivity index (χ0n) is 17.9. The molecular formula is C24H24F2N4O2. The Morgan fingerprint density at radius 1 is 1.06 bits per heavy atom. The first-order valence-corrected chi connectivity index (χ1v) is 10.5. The summed E-state index contributed by atoms with van der Waals surface area (Å²) in [7, 11) is 0. The molecule has 0 aliphatic carbocycles. The smallest absolute Gasteiger partial charge is 0.227 e. The van der Waals surface area contributed by atoms with Crippen LogP contribution in [0.4, 0.5) is 20.3 Å². The summed E-state index contributed by atoms with van der Waals surface area (Å²) in [6.45, 7) is 5.30. The van der Waals surface area contributed by atoms with E-state index < -0.39 is 11.6 Å². The minimum Gasteiger partial charge on any atom is -0.439 e. The Kier molecular flexibility index (Phi) is 6.30. The summed E-state index contributed by atoms with van der Waals surface area (Å²) in [4.78, 5) is 23.2. The molecule has 1 fully saturated rings. The number of rotatable bonds is 5. The van der Waals surface area contributed by atoms with Gasteiger partial charge in [-0.2, -0.15) is 0 Å². The number of piperidine rings is 1. The first-order valence-electron chi connectivity index (χ1n) is 10.5. The van der Waals surface area contributed by atoms with Gasteiger partial charge in [0.1, 0.15) is 17.9 Å². The third kappa shape index (κ3) is 4.85. The number of amides is 1. The molecule has 3 aromatic rings. The summed E-state index contributed by atoms with van der Waals surface area (Å²) in [5, 5.41) is 2.67. The van der Waals surface area contributed by atoms with Gasteiger partial charge in [-0.25, -0.2) is 18.7 Å². The van der Waals surface area contributed by atoms with Crippen molar-refractivity contribution in [1.29, 1.82) is 0 Å². The molecule has 1 aliphatic rings. The maximum Gasteiger partial charge on any atom is 0.227 e. The molecule has 4 rings (SSSR count). The zero-order valence-corrected chi connectivity index (χ0v) is 17.9. The molecule has 1 amide bonds. The van der Waals surface area contributed by atoms with Crippen molar-refractivity contribution in [3.8, 4) is 11.6 Å². The number of hydrogen-bond acceptors (Lipinski definition) is 5. The van der Waals surface area contributed by atoms with Crippen LogP contribution >= 0.6 is 0 Å². The van der Waals surface area contributed by atoms with E-state index in [9.17, 15) is 13.6 Å². The van der Waals surface area contributed by atoms with E-state index in [-0.39, 0.29) is 17.5 Å². The van der Waals surface area contributed by atoms with Gasteiger partial charge in [0.05, 0.1) is 0 Å². The largest absolute Gasteiger partial charge is 0.439 e. The fraction of sp³-hybridized carbons (Fsp3) is 0.292. The monoisotopic (exact) mass is 438 g/mol. The number of anilines is 2. The Balaban J connectivity index is 1.36. The number of aromatic nitrogens is 2. The molecule has 2 heterocycles. The Bertz CT molecular complexity index is 1130. The van der Waals surface area contributed by atoms with Gasteiger partial charge in [-0.1, -0.05) is 12.1 Å². The number of aryl methyl sites for hydroxylation is 1. The maximum absolute atomic E-state index is 13.4. The number of nitrogens with one attached hydrogen (secondary N) is 1. The molecule has 0 spiro atoms. The van der Waals surface area contributed by atoms with Crippen LogP contribution in [0.5, 0.6) is 11.6 Å². The fourth-order valence-corrected chi connectivity index (χ4v) is 3.70. The van der Waals surface area contributed by atoms with Crippen LogP contribution in [0.15, 0.2) is 48.8 Å². The molecule has 0 radical (unpaired) electrons. The number of carbonyl (C=O) groups excluding carboxylic acids is 1. The van der Waals surface area contributed by atoms with Gasteiger partial charge >= 0.3 is 0 Å². The average Bonchev–Trinajstić information content (AvgIpc) is 2.80. The molecule has 6 nitrogen and oxygen atoms in total. The second kappa shape index (κ2) is 9.30. The topological polar surface area (TPSA) is 67.3 Å². The normalized spacial score (nSPS) is 14.3. The highest BCUT2D eigenvalue weighted by molar-refractivity contribution is 5.92. The van der Waals surface area contributed by atoms with Crippen LogP contribution in [0.3, 0.4) is 0 Å². The molecular weight excluding hydrogens is 414 g/mol. The first kappa shape index (κ1) is 21.7. The molecule has 8 heteroatoms. The predicted octanol–water partition coefficient (Wildman–Crippen LogP) is 5.02. The van der Waals surface area contributed by atoms with Gasteiger partial charge in [-0.05, 0) is 56.0 Å². The maximum atomic E-state index is 13.4. The van der Waals surface area contributed by atoms with Crippen LogP contribution in [0, 0.1) is 31.4 Å². The van der Waals surface area contributed by atoms with Gasteiger partial charge in [0, 0.05) is 36.8 Å². The second-order valence-electron chi connectivity index (χ2n) is 7.89. The van der Waals surface area contributed by atoms with Gasteiger partial charge < -0.3 is 15.0 Å². The van der Waals surface area contributed by atoms with Gasteiger partial charge in [0.25, 0.3) is 0 Å². The quantitative estimate of drug-likeness (QED) is 0.606. The lowest BCUT2D eigenvalue weighted by molar-refractivity contribution is -0.120. The van der Waals surface area contributed by atoms with E-state index in [0.717, 1.165) is 34.8 Å². The van der Waals surface area contributed by atoms with Crippen LogP contribution in [0.25, 0.3) is 0 Å². The number of benzene rings is 2. The Labute approximate surface area is 185 Å². The van der Waals surface area contributed by atoms with E-state index in [1.54, 1.807) is 6.07 Å². The number of carbonyl (C=O) groups is 1. The molecule has 2 aromatic carbocycles. The summed E-state index contributed by atoms with van der Waals surface area (Å²) in [5.74, 6) is -0.393. The van der Waals surface area contributed by atoms with Crippen molar-refractivity contribution in [2.75, 3.05) is 23.3 Å². The highest BCUT2D eigenvalue weighted by atomic mass is 19.2. The van der Waals surface area contributed by atoms with E-state index in [2.05, 4.69) is 20.2 Å². The molecule has 0 saturated carbocycles. The number of halogens is 2. The van der Waals surface area contributed by atoms with Gasteiger partial charge in [-0.3, -0.25) is 4.79 Å². The minimum atomic E-state index is -0.986. The van der Waals surface area contributed by atoms with Crippen molar-refractivity contribution >= 4 is 17.4 Å². The highest BCUT2D eigenvalue weighted by Crippen LogP contribution is 2.29. The van der Waals surface area contributed by atoms with Crippen LogP contribution in [-0.2, 0) is 4.79 Å². The lowest BCUT2D eigenvalue weighted by Gasteiger charge is -2.32. The molecule has 1 N–H and O–H groups in total. The standard InChI is InChI=1S/C24H24F2N4O2/c1-15-4-3-5-21(16(15)2)32-23-13-22(27-14-28-23)30-10-8-17(9-11-30)24(31)29-18-6-7-19(25)20(26)12-18/h3-7,12-14,17H,8-11H2,1-2H3,(H,29,31). The second-order valence-corrected chi connectivity index (χ2v) is 7.89. The molecule has 0 unspecified atom stereocenters. The van der Waals surface area contributed by atoms with Gasteiger partial charge in [-0.15, -0.1) is 0 Å². The summed E-state index contributed by atoms with van der Waals surface area (Å²) < 4.78 is 32.4. The van der Waals surface area contributed by atoms with Gasteiger partial charge in [0.2, 0.25) is 11.8 Å². The Morgan fingerprint density at radius 3 is 2.59 bits per heavy atom. The highest BCUT2D eigenvalue weighted by Gasteiger charge is 2.26. The van der Waals surface area contributed by atoms with Crippen molar-refractivity contribution < 1.29 is 18.3 Å². The zero-order chi connectivity index (χ0) is 22.7.